The van der Waals surface area contributed by atoms with Crippen LogP contribution in [-0.2, 0) is 0 Å². The van der Waals surface area contributed by atoms with Crippen LogP contribution >= 0.6 is 11.6 Å². The fraction of sp³-hybridized carbons (Fsp3) is 0.632. The topological polar surface area (TPSA) is 23.6 Å². The number of nitrogens with zero attached hydrogens (tertiary/aromatic N) is 2. The fourth-order valence-electron chi connectivity index (χ4n) is 4.46. The number of rotatable bonds is 3. The lowest BCUT2D eigenvalue weighted by Gasteiger charge is -2.27. The molecule has 2 aliphatic carbocycles. The summed E-state index contributed by atoms with van der Waals surface area (Å²) < 4.78 is 0. The van der Waals surface area contributed by atoms with Crippen molar-refractivity contribution in [3.8, 4) is 0 Å². The van der Waals surface area contributed by atoms with Gasteiger partial charge in [-0.3, -0.25) is 4.79 Å². The molecule has 2 fully saturated rings. The number of fused-ring (bicyclic) bond motifs is 1. The van der Waals surface area contributed by atoms with E-state index in [2.05, 4.69) is 19.0 Å². The number of carbonyl (C=O) groups is 1. The van der Waals surface area contributed by atoms with Gasteiger partial charge in [0, 0.05) is 19.1 Å². The summed E-state index contributed by atoms with van der Waals surface area (Å²) in [6.45, 7) is 1.94. The average molecular weight is 335 g/mol. The Labute approximate surface area is 144 Å². The van der Waals surface area contributed by atoms with Gasteiger partial charge in [-0.1, -0.05) is 23.7 Å². The van der Waals surface area contributed by atoms with Gasteiger partial charge in [0.05, 0.1) is 10.6 Å². The molecule has 0 heterocycles. The Bertz CT molecular complexity index is 587. The molecule has 0 bridgehead atoms. The van der Waals surface area contributed by atoms with Gasteiger partial charge in [-0.05, 0) is 70.2 Å². The molecule has 0 N–H and O–H groups in total. The van der Waals surface area contributed by atoms with Gasteiger partial charge in [-0.2, -0.15) is 0 Å². The molecule has 0 aliphatic heterocycles. The number of carbonyl (C=O) groups excluding carboxylic acids is 1. The third-order valence-electron chi connectivity index (χ3n) is 5.99. The Kier molecular flexibility index (Phi) is 4.70. The standard InChI is InChI=1S/C19H27ClN2O/c1-12-6-5-7-17(18(12)20)19(23)22(4)16-10-13-8-15(21(2)3)9-14(13)11-16/h5-7,13-16H,8-11H2,1-4H3/t13-,14+,15?,16?. The van der Waals surface area contributed by atoms with Crippen LogP contribution in [0.5, 0.6) is 0 Å². The normalized spacial score (nSPS) is 29.8. The van der Waals surface area contributed by atoms with E-state index in [0.717, 1.165) is 36.3 Å². The van der Waals surface area contributed by atoms with Gasteiger partial charge in [-0.15, -0.1) is 0 Å². The molecule has 2 unspecified atom stereocenters. The van der Waals surface area contributed by atoms with Crippen molar-refractivity contribution < 1.29 is 4.79 Å². The first-order chi connectivity index (χ1) is 10.9. The second kappa shape index (κ2) is 6.45. The van der Waals surface area contributed by atoms with Crippen LogP contribution in [0.3, 0.4) is 0 Å². The van der Waals surface area contributed by atoms with Crippen LogP contribution in [0.15, 0.2) is 18.2 Å². The van der Waals surface area contributed by atoms with E-state index in [9.17, 15) is 4.79 Å². The Morgan fingerprint density at radius 3 is 2.17 bits per heavy atom. The number of hydrogen-bond acceptors (Lipinski definition) is 2. The molecule has 2 saturated carbocycles. The first-order valence-electron chi connectivity index (χ1n) is 8.57. The molecule has 1 aromatic rings. The van der Waals surface area contributed by atoms with E-state index in [-0.39, 0.29) is 5.91 Å². The lowest BCUT2D eigenvalue weighted by molar-refractivity contribution is 0.0726. The maximum Gasteiger partial charge on any atom is 0.255 e. The number of hydrogen-bond donors (Lipinski definition) is 0. The Hall–Kier alpha value is -1.06. The van der Waals surface area contributed by atoms with Crippen LogP contribution in [0.2, 0.25) is 5.02 Å². The second-order valence-electron chi connectivity index (χ2n) is 7.59. The molecule has 3 nitrogen and oxygen atoms in total. The maximum atomic E-state index is 12.8. The zero-order valence-corrected chi connectivity index (χ0v) is 15.3. The van der Waals surface area contributed by atoms with Gasteiger partial charge in [-0.25, -0.2) is 0 Å². The van der Waals surface area contributed by atoms with E-state index >= 15 is 0 Å². The quantitative estimate of drug-likeness (QED) is 0.838. The lowest BCUT2D eigenvalue weighted by Crippen LogP contribution is -2.36. The Morgan fingerprint density at radius 2 is 1.61 bits per heavy atom. The van der Waals surface area contributed by atoms with E-state index in [4.69, 9.17) is 11.6 Å². The van der Waals surface area contributed by atoms with Crippen LogP contribution in [0.1, 0.15) is 41.6 Å². The minimum atomic E-state index is 0.0628. The molecule has 0 aromatic heterocycles. The van der Waals surface area contributed by atoms with E-state index in [1.807, 2.05) is 37.1 Å². The summed E-state index contributed by atoms with van der Waals surface area (Å²) >= 11 is 6.34. The van der Waals surface area contributed by atoms with E-state index < -0.39 is 0 Å². The SMILES string of the molecule is Cc1cccc(C(=O)N(C)C2C[C@H]3CC(N(C)C)C[C@H]3C2)c1Cl. The Balaban J connectivity index is 1.67. The number of halogens is 1. The van der Waals surface area contributed by atoms with Crippen LogP contribution in [0.4, 0.5) is 0 Å². The minimum Gasteiger partial charge on any atom is -0.339 e. The molecule has 1 amide bonds. The van der Waals surface area contributed by atoms with Crippen molar-refractivity contribution in [1.29, 1.82) is 0 Å². The number of amides is 1. The molecule has 126 valence electrons. The summed E-state index contributed by atoms with van der Waals surface area (Å²) in [6.07, 6.45) is 4.84. The van der Waals surface area contributed by atoms with Crippen molar-refractivity contribution >= 4 is 17.5 Å². The second-order valence-corrected chi connectivity index (χ2v) is 7.96. The highest BCUT2D eigenvalue weighted by atomic mass is 35.5. The summed E-state index contributed by atoms with van der Waals surface area (Å²) in [5.41, 5.74) is 1.60. The van der Waals surface area contributed by atoms with Gasteiger partial charge in [0.25, 0.3) is 5.91 Å². The molecule has 4 atom stereocenters. The van der Waals surface area contributed by atoms with Crippen molar-refractivity contribution in [1.82, 2.24) is 9.80 Å². The van der Waals surface area contributed by atoms with Crippen LogP contribution < -0.4 is 0 Å². The third kappa shape index (κ3) is 3.14. The highest BCUT2D eigenvalue weighted by Gasteiger charge is 2.44. The highest BCUT2D eigenvalue weighted by molar-refractivity contribution is 6.34. The molecular formula is C19H27ClN2O. The molecule has 0 spiro atoms. The third-order valence-corrected chi connectivity index (χ3v) is 6.49. The molecule has 0 saturated heterocycles. The molecule has 2 aliphatic rings. The van der Waals surface area contributed by atoms with E-state index in [0.29, 0.717) is 16.6 Å². The van der Waals surface area contributed by atoms with Crippen molar-refractivity contribution in [3.05, 3.63) is 34.3 Å². The molecule has 3 rings (SSSR count). The first-order valence-corrected chi connectivity index (χ1v) is 8.95. The monoisotopic (exact) mass is 334 g/mol. The zero-order chi connectivity index (χ0) is 16.7. The van der Waals surface area contributed by atoms with Gasteiger partial charge in [0.15, 0.2) is 0 Å². The summed E-state index contributed by atoms with van der Waals surface area (Å²) in [5.74, 6) is 1.61. The fourth-order valence-corrected chi connectivity index (χ4v) is 4.67. The minimum absolute atomic E-state index is 0.0628. The summed E-state index contributed by atoms with van der Waals surface area (Å²) in [6, 6.07) is 6.77. The van der Waals surface area contributed by atoms with Crippen LogP contribution in [0.25, 0.3) is 0 Å². The lowest BCUT2D eigenvalue weighted by atomic mass is 10.0. The van der Waals surface area contributed by atoms with E-state index in [1.165, 1.54) is 12.8 Å². The maximum absolute atomic E-state index is 12.8. The van der Waals surface area contributed by atoms with Crippen molar-refractivity contribution in [3.63, 3.8) is 0 Å². The van der Waals surface area contributed by atoms with Gasteiger partial charge >= 0.3 is 0 Å². The zero-order valence-electron chi connectivity index (χ0n) is 14.6. The smallest absolute Gasteiger partial charge is 0.255 e. The number of benzene rings is 1. The molecule has 1 aromatic carbocycles. The van der Waals surface area contributed by atoms with Crippen molar-refractivity contribution in [2.75, 3.05) is 21.1 Å². The highest BCUT2D eigenvalue weighted by Crippen LogP contribution is 2.46. The van der Waals surface area contributed by atoms with Crippen molar-refractivity contribution in [2.24, 2.45) is 11.8 Å². The summed E-state index contributed by atoms with van der Waals surface area (Å²) in [4.78, 5) is 17.1. The predicted octanol–water partition coefficient (Wildman–Crippen LogP) is 3.84. The number of aryl methyl sites for hydroxylation is 1. The van der Waals surface area contributed by atoms with Crippen molar-refractivity contribution in [2.45, 2.75) is 44.7 Å². The Morgan fingerprint density at radius 1 is 1.04 bits per heavy atom. The molecule has 0 radical (unpaired) electrons. The van der Waals surface area contributed by atoms with Gasteiger partial charge in [0.2, 0.25) is 0 Å². The predicted molar refractivity (Wildman–Crippen MR) is 95.0 cm³/mol. The molecular weight excluding hydrogens is 308 g/mol. The molecule has 23 heavy (non-hydrogen) atoms. The summed E-state index contributed by atoms with van der Waals surface area (Å²) in [7, 11) is 6.30. The average Bonchev–Trinajstić information content (AvgIpc) is 3.07. The van der Waals surface area contributed by atoms with Gasteiger partial charge < -0.3 is 9.80 Å². The van der Waals surface area contributed by atoms with Crippen LogP contribution in [-0.4, -0.2) is 48.9 Å². The van der Waals surface area contributed by atoms with E-state index in [1.54, 1.807) is 0 Å². The summed E-state index contributed by atoms with van der Waals surface area (Å²) in [5, 5.41) is 0.593. The first kappa shape index (κ1) is 16.8. The van der Waals surface area contributed by atoms with Crippen LogP contribution in [0, 0.1) is 18.8 Å². The molecule has 4 heteroatoms. The largest absolute Gasteiger partial charge is 0.339 e. The van der Waals surface area contributed by atoms with Gasteiger partial charge in [0.1, 0.15) is 0 Å².